The monoisotopic (exact) mass is 475 g/mol. The van der Waals surface area contributed by atoms with Crippen LogP contribution in [0.15, 0.2) is 12.4 Å². The fourth-order valence-corrected chi connectivity index (χ4v) is 5.13. The lowest BCUT2D eigenvalue weighted by Crippen LogP contribution is -2.36. The molecule has 2 atom stereocenters. The van der Waals surface area contributed by atoms with Crippen LogP contribution >= 0.6 is 0 Å². The Labute approximate surface area is 202 Å². The van der Waals surface area contributed by atoms with Crippen LogP contribution < -0.4 is 11.1 Å². The van der Waals surface area contributed by atoms with Crippen LogP contribution in [-0.4, -0.2) is 60.2 Å². The first-order valence-corrected chi connectivity index (χ1v) is 11.8. The summed E-state index contributed by atoms with van der Waals surface area (Å²) in [5.41, 5.74) is 9.50. The second kappa shape index (κ2) is 8.08. The van der Waals surface area contributed by atoms with Crippen molar-refractivity contribution in [2.75, 3.05) is 18.4 Å². The summed E-state index contributed by atoms with van der Waals surface area (Å²) < 4.78 is 3.43. The van der Waals surface area contributed by atoms with E-state index in [0.717, 1.165) is 23.4 Å². The minimum atomic E-state index is -0.854. The lowest BCUT2D eigenvalue weighted by molar-refractivity contribution is -0.134. The quantitative estimate of drug-likeness (QED) is 0.552. The summed E-state index contributed by atoms with van der Waals surface area (Å²) >= 11 is 0. The first-order chi connectivity index (χ1) is 16.7. The largest absolute Gasteiger partial charge is 0.376 e. The van der Waals surface area contributed by atoms with Crippen molar-refractivity contribution in [2.24, 2.45) is 24.1 Å². The van der Waals surface area contributed by atoms with Gasteiger partial charge in [0.1, 0.15) is 5.41 Å². The van der Waals surface area contributed by atoms with Crippen molar-refractivity contribution >= 4 is 23.1 Å². The van der Waals surface area contributed by atoms with E-state index in [1.54, 1.807) is 14.1 Å². The number of nitriles is 1. The SMILES string of the molecule is CC[C@@H]1CN(C(=O)C2(C#N)CC2)C[C@H]1Nc1c(C(N)=O)cnn2cc(-c3c(C)nn(C)c3C)nc12. The number of amides is 2. The van der Waals surface area contributed by atoms with Crippen LogP contribution in [-0.2, 0) is 11.8 Å². The average Bonchev–Trinajstić information content (AvgIpc) is 3.22. The number of rotatable bonds is 6. The zero-order chi connectivity index (χ0) is 25.1. The number of aryl methyl sites for hydroxylation is 2. The second-order valence-corrected chi connectivity index (χ2v) is 9.68. The standard InChI is InChI=1S/C24H29N9O2/c1-5-15-9-32(23(35)24(12-25)6-7-24)10-17(15)28-20-16(21(26)34)8-27-33-11-18(29-22(20)33)19-13(2)30-31(4)14(19)3/h8,11,15,17,28H,5-7,9-10H2,1-4H3,(H2,26,34)/t15-,17-/m1/s1. The molecule has 1 saturated carbocycles. The third-order valence-corrected chi connectivity index (χ3v) is 7.48. The van der Waals surface area contributed by atoms with E-state index in [9.17, 15) is 14.9 Å². The van der Waals surface area contributed by atoms with Crippen LogP contribution in [0.3, 0.4) is 0 Å². The number of nitrogens with two attached hydrogens (primary N) is 1. The van der Waals surface area contributed by atoms with Gasteiger partial charge in [-0.05, 0) is 39.0 Å². The number of nitrogens with one attached hydrogen (secondary N) is 1. The molecule has 11 nitrogen and oxygen atoms in total. The molecule has 1 saturated heterocycles. The summed E-state index contributed by atoms with van der Waals surface area (Å²) in [7, 11) is 1.88. The zero-order valence-electron chi connectivity index (χ0n) is 20.4. The molecule has 0 bridgehead atoms. The third-order valence-electron chi connectivity index (χ3n) is 7.48. The van der Waals surface area contributed by atoms with Crippen molar-refractivity contribution in [1.82, 2.24) is 29.3 Å². The number of carbonyl (C=O) groups is 2. The van der Waals surface area contributed by atoms with Crippen molar-refractivity contribution < 1.29 is 9.59 Å². The summed E-state index contributed by atoms with van der Waals surface area (Å²) in [5.74, 6) is -0.552. The van der Waals surface area contributed by atoms with Gasteiger partial charge in [0.05, 0.1) is 41.1 Å². The molecule has 1 aliphatic heterocycles. The normalized spacial score (nSPS) is 20.7. The summed E-state index contributed by atoms with van der Waals surface area (Å²) in [6.45, 7) is 6.99. The summed E-state index contributed by atoms with van der Waals surface area (Å²) in [5, 5.41) is 21.8. The molecule has 1 aliphatic carbocycles. The second-order valence-electron chi connectivity index (χ2n) is 9.68. The van der Waals surface area contributed by atoms with Gasteiger partial charge in [0.15, 0.2) is 5.65 Å². The van der Waals surface area contributed by atoms with Crippen molar-refractivity contribution in [3.8, 4) is 17.3 Å². The molecule has 5 rings (SSSR count). The first kappa shape index (κ1) is 22.8. The first-order valence-electron chi connectivity index (χ1n) is 11.8. The highest BCUT2D eigenvalue weighted by Gasteiger charge is 2.54. The number of nitrogens with zero attached hydrogens (tertiary/aromatic N) is 7. The molecule has 4 heterocycles. The molecule has 11 heteroatoms. The van der Waals surface area contributed by atoms with Crippen molar-refractivity contribution in [3.05, 3.63) is 29.3 Å². The van der Waals surface area contributed by atoms with E-state index >= 15 is 0 Å². The van der Waals surface area contributed by atoms with Gasteiger partial charge in [-0.25, -0.2) is 9.50 Å². The third kappa shape index (κ3) is 3.60. The molecule has 182 valence electrons. The Morgan fingerprint density at radius 1 is 1.31 bits per heavy atom. The van der Waals surface area contributed by atoms with E-state index in [0.29, 0.717) is 43.0 Å². The van der Waals surface area contributed by atoms with E-state index in [1.165, 1.54) is 6.20 Å². The van der Waals surface area contributed by atoms with Crippen LogP contribution in [0.5, 0.6) is 0 Å². The molecule has 0 spiro atoms. The average molecular weight is 476 g/mol. The lowest BCUT2D eigenvalue weighted by Gasteiger charge is -2.21. The number of aromatic nitrogens is 5. The molecule has 3 N–H and O–H groups in total. The molecule has 3 aromatic heterocycles. The van der Waals surface area contributed by atoms with Gasteiger partial charge in [-0.15, -0.1) is 0 Å². The van der Waals surface area contributed by atoms with E-state index in [1.807, 2.05) is 27.1 Å². The molecule has 2 amide bonds. The Hall–Kier alpha value is -3.94. The van der Waals surface area contributed by atoms with Gasteiger partial charge < -0.3 is 16.0 Å². The highest BCUT2D eigenvalue weighted by atomic mass is 16.2. The van der Waals surface area contributed by atoms with Gasteiger partial charge in [-0.1, -0.05) is 6.92 Å². The van der Waals surface area contributed by atoms with E-state index < -0.39 is 11.3 Å². The number of likely N-dealkylation sites (tertiary alicyclic amines) is 1. The van der Waals surface area contributed by atoms with Gasteiger partial charge in [0.2, 0.25) is 5.91 Å². The van der Waals surface area contributed by atoms with Crippen LogP contribution in [0.4, 0.5) is 5.69 Å². The molecule has 2 fully saturated rings. The van der Waals surface area contributed by atoms with Crippen LogP contribution in [0.25, 0.3) is 16.9 Å². The zero-order valence-corrected chi connectivity index (χ0v) is 20.4. The number of imidazole rings is 1. The number of hydrogen-bond acceptors (Lipinski definition) is 7. The summed E-state index contributed by atoms with van der Waals surface area (Å²) in [4.78, 5) is 31.9. The van der Waals surface area contributed by atoms with Gasteiger partial charge in [0, 0.05) is 37.4 Å². The Bertz CT molecular complexity index is 1390. The van der Waals surface area contributed by atoms with Gasteiger partial charge >= 0.3 is 0 Å². The van der Waals surface area contributed by atoms with Gasteiger partial charge in [-0.2, -0.15) is 15.5 Å². The van der Waals surface area contributed by atoms with Crippen LogP contribution in [0.2, 0.25) is 0 Å². The molecular formula is C24H29N9O2. The van der Waals surface area contributed by atoms with Gasteiger partial charge in [-0.3, -0.25) is 14.3 Å². The summed E-state index contributed by atoms with van der Waals surface area (Å²) in [6, 6.07) is 2.08. The number of fused-ring (bicyclic) bond motifs is 1. The highest BCUT2D eigenvalue weighted by molar-refractivity contribution is 6.01. The number of hydrogen-bond donors (Lipinski definition) is 2. The minimum Gasteiger partial charge on any atom is -0.376 e. The topological polar surface area (TPSA) is 147 Å². The Balaban J connectivity index is 1.53. The van der Waals surface area contributed by atoms with E-state index in [4.69, 9.17) is 10.7 Å². The van der Waals surface area contributed by atoms with E-state index in [-0.39, 0.29) is 23.4 Å². The van der Waals surface area contributed by atoms with Gasteiger partial charge in [0.25, 0.3) is 5.91 Å². The smallest absolute Gasteiger partial charge is 0.252 e. The number of anilines is 1. The number of carbonyl (C=O) groups excluding carboxylic acids is 2. The minimum absolute atomic E-state index is 0.0941. The fourth-order valence-electron chi connectivity index (χ4n) is 5.13. The van der Waals surface area contributed by atoms with Crippen molar-refractivity contribution in [3.63, 3.8) is 0 Å². The maximum Gasteiger partial charge on any atom is 0.252 e. The van der Waals surface area contributed by atoms with Crippen molar-refractivity contribution in [2.45, 2.75) is 46.1 Å². The molecular weight excluding hydrogens is 446 g/mol. The highest BCUT2D eigenvalue weighted by Crippen LogP contribution is 2.47. The summed E-state index contributed by atoms with van der Waals surface area (Å²) in [6.07, 6.45) is 5.33. The fraction of sp³-hybridized carbons (Fsp3) is 0.500. The Morgan fingerprint density at radius 2 is 2.06 bits per heavy atom. The Morgan fingerprint density at radius 3 is 2.63 bits per heavy atom. The maximum absolute atomic E-state index is 13.0. The van der Waals surface area contributed by atoms with Crippen LogP contribution in [0.1, 0.15) is 47.9 Å². The predicted octanol–water partition coefficient (Wildman–Crippen LogP) is 1.80. The molecule has 0 unspecified atom stereocenters. The molecule has 0 aromatic carbocycles. The molecule has 3 aromatic rings. The number of primary amides is 1. The molecule has 35 heavy (non-hydrogen) atoms. The maximum atomic E-state index is 13.0. The molecule has 0 radical (unpaired) electrons. The lowest BCUT2D eigenvalue weighted by atomic mass is 10.0. The Kier molecular flexibility index (Phi) is 5.27. The van der Waals surface area contributed by atoms with Crippen molar-refractivity contribution in [1.29, 1.82) is 5.26 Å². The predicted molar refractivity (Wildman–Crippen MR) is 128 cm³/mol. The van der Waals surface area contributed by atoms with Crippen LogP contribution in [0, 0.1) is 36.5 Å². The van der Waals surface area contributed by atoms with E-state index in [2.05, 4.69) is 28.5 Å². The molecule has 2 aliphatic rings.